The average molecular weight is 338 g/mol. The fourth-order valence-corrected chi connectivity index (χ4v) is 3.43. The van der Waals surface area contributed by atoms with Gasteiger partial charge in [-0.3, -0.25) is 0 Å². The molecule has 2 N–H and O–H groups in total. The van der Waals surface area contributed by atoms with Crippen LogP contribution in [0.1, 0.15) is 24.3 Å². The Morgan fingerprint density at radius 3 is 2.65 bits per heavy atom. The second-order valence-corrected chi connectivity index (χ2v) is 7.04. The molecule has 1 unspecified atom stereocenters. The lowest BCUT2D eigenvalue weighted by atomic mass is 10.2. The van der Waals surface area contributed by atoms with E-state index in [2.05, 4.69) is 4.72 Å². The van der Waals surface area contributed by atoms with Crippen molar-refractivity contribution in [1.29, 1.82) is 0 Å². The van der Waals surface area contributed by atoms with Crippen molar-refractivity contribution in [3.63, 3.8) is 0 Å². The van der Waals surface area contributed by atoms with Crippen molar-refractivity contribution < 1.29 is 18.3 Å². The van der Waals surface area contributed by atoms with Crippen molar-refractivity contribution >= 4 is 10.0 Å². The summed E-state index contributed by atoms with van der Waals surface area (Å²) < 4.78 is 34.3. The number of nitrogens with one attached hydrogen (secondary N) is 1. The largest absolute Gasteiger partial charge is 0.494 e. The molecule has 0 saturated carbocycles. The maximum absolute atomic E-state index is 12.3. The minimum atomic E-state index is -3.69. The molecule has 126 valence electrons. The third-order valence-corrected chi connectivity index (χ3v) is 4.97. The normalized spacial score (nSPS) is 13.0. The fourth-order valence-electron chi connectivity index (χ4n) is 2.30. The van der Waals surface area contributed by atoms with Crippen LogP contribution in [0.25, 0.3) is 0 Å². The summed E-state index contributed by atoms with van der Waals surface area (Å²) in [6, 6.07) is 8.24. The summed E-state index contributed by atoms with van der Waals surface area (Å²) in [5, 5.41) is 10.1. The van der Waals surface area contributed by atoms with Gasteiger partial charge in [0.05, 0.1) is 11.5 Å². The predicted octanol–water partition coefficient (Wildman–Crippen LogP) is 1.74. The Morgan fingerprint density at radius 1 is 1.35 bits per heavy atom. The van der Waals surface area contributed by atoms with Crippen LogP contribution < -0.4 is 9.46 Å². The number of aryl methyl sites for hydroxylation is 2. The van der Waals surface area contributed by atoms with Crippen LogP contribution in [0.4, 0.5) is 0 Å². The molecule has 6 nitrogen and oxygen atoms in total. The van der Waals surface area contributed by atoms with E-state index < -0.39 is 16.1 Å². The van der Waals surface area contributed by atoms with Crippen molar-refractivity contribution in [1.82, 2.24) is 9.29 Å². The lowest BCUT2D eigenvalue weighted by Gasteiger charge is -2.14. The lowest BCUT2D eigenvalue weighted by molar-refractivity contribution is 0.173. The van der Waals surface area contributed by atoms with Gasteiger partial charge in [-0.2, -0.15) is 0 Å². The molecule has 0 saturated heterocycles. The molecule has 0 radical (unpaired) electrons. The van der Waals surface area contributed by atoms with E-state index in [0.29, 0.717) is 18.1 Å². The van der Waals surface area contributed by atoms with Crippen molar-refractivity contribution in [3.05, 3.63) is 47.8 Å². The highest BCUT2D eigenvalue weighted by molar-refractivity contribution is 7.89. The van der Waals surface area contributed by atoms with E-state index in [4.69, 9.17) is 4.74 Å². The molecule has 1 aromatic heterocycles. The Balaban J connectivity index is 2.10. The summed E-state index contributed by atoms with van der Waals surface area (Å²) in [6.45, 7) is 4.10. The summed E-state index contributed by atoms with van der Waals surface area (Å²) in [4.78, 5) is 0.150. The standard InChI is InChI=1S/C16H22N2O4S/c1-4-22-16-8-7-13(10-12(16)2)23(20,21)17-11-15(19)14-6-5-9-18(14)3/h5-10,15,17,19H,4,11H2,1-3H3. The highest BCUT2D eigenvalue weighted by atomic mass is 32.2. The van der Waals surface area contributed by atoms with Crippen LogP contribution in [-0.2, 0) is 17.1 Å². The van der Waals surface area contributed by atoms with Crippen LogP contribution in [0.15, 0.2) is 41.4 Å². The maximum atomic E-state index is 12.3. The molecule has 7 heteroatoms. The summed E-state index contributed by atoms with van der Waals surface area (Å²) in [5.74, 6) is 0.662. The van der Waals surface area contributed by atoms with Crippen LogP contribution in [0.3, 0.4) is 0 Å². The Hall–Kier alpha value is -1.83. The molecule has 0 fully saturated rings. The number of hydrogen-bond acceptors (Lipinski definition) is 4. The van der Waals surface area contributed by atoms with E-state index in [0.717, 1.165) is 5.56 Å². The van der Waals surface area contributed by atoms with Gasteiger partial charge >= 0.3 is 0 Å². The highest BCUT2D eigenvalue weighted by Gasteiger charge is 2.18. The molecule has 0 aliphatic carbocycles. The molecular formula is C16H22N2O4S. The second kappa shape index (κ2) is 7.16. The van der Waals surface area contributed by atoms with E-state index in [1.54, 1.807) is 49.0 Å². The minimum Gasteiger partial charge on any atom is -0.494 e. The zero-order chi connectivity index (χ0) is 17.0. The van der Waals surface area contributed by atoms with Gasteiger partial charge in [0, 0.05) is 25.5 Å². The van der Waals surface area contributed by atoms with Crippen LogP contribution in [0.2, 0.25) is 0 Å². The summed E-state index contributed by atoms with van der Waals surface area (Å²) in [5.41, 5.74) is 1.40. The Labute approximate surface area is 136 Å². The molecule has 0 bridgehead atoms. The van der Waals surface area contributed by atoms with E-state index in [1.165, 1.54) is 6.07 Å². The smallest absolute Gasteiger partial charge is 0.240 e. The number of aliphatic hydroxyl groups excluding tert-OH is 1. The van der Waals surface area contributed by atoms with E-state index in [9.17, 15) is 13.5 Å². The highest BCUT2D eigenvalue weighted by Crippen LogP contribution is 2.22. The average Bonchev–Trinajstić information content (AvgIpc) is 2.93. The molecule has 0 aliphatic rings. The first-order chi connectivity index (χ1) is 10.8. The van der Waals surface area contributed by atoms with Crippen LogP contribution in [0.5, 0.6) is 5.75 Å². The SMILES string of the molecule is CCOc1ccc(S(=O)(=O)NCC(O)c2cccn2C)cc1C. The number of sulfonamides is 1. The van der Waals surface area contributed by atoms with Gasteiger partial charge in [0.15, 0.2) is 0 Å². The monoisotopic (exact) mass is 338 g/mol. The van der Waals surface area contributed by atoms with E-state index >= 15 is 0 Å². The Bertz CT molecular complexity index is 768. The lowest BCUT2D eigenvalue weighted by Crippen LogP contribution is -2.29. The predicted molar refractivity (Wildman–Crippen MR) is 87.9 cm³/mol. The summed E-state index contributed by atoms with van der Waals surface area (Å²) >= 11 is 0. The molecular weight excluding hydrogens is 316 g/mol. The van der Waals surface area contributed by atoms with Crippen molar-refractivity contribution in [2.24, 2.45) is 7.05 Å². The quantitative estimate of drug-likeness (QED) is 0.806. The number of aromatic nitrogens is 1. The molecule has 23 heavy (non-hydrogen) atoms. The van der Waals surface area contributed by atoms with Gasteiger partial charge in [-0.15, -0.1) is 0 Å². The Kier molecular flexibility index (Phi) is 5.46. The number of benzene rings is 1. The fraction of sp³-hybridized carbons (Fsp3) is 0.375. The number of rotatable bonds is 7. The Morgan fingerprint density at radius 2 is 2.09 bits per heavy atom. The van der Waals surface area contributed by atoms with Crippen LogP contribution >= 0.6 is 0 Å². The third kappa shape index (κ3) is 4.13. The molecule has 2 aromatic rings. The molecule has 0 aliphatic heterocycles. The first-order valence-electron chi connectivity index (χ1n) is 7.37. The number of hydrogen-bond donors (Lipinski definition) is 2. The maximum Gasteiger partial charge on any atom is 0.240 e. The molecule has 1 atom stereocenters. The van der Waals surface area contributed by atoms with Gasteiger partial charge in [-0.25, -0.2) is 13.1 Å². The zero-order valence-corrected chi connectivity index (χ0v) is 14.3. The molecule has 1 aromatic carbocycles. The third-order valence-electron chi connectivity index (χ3n) is 3.55. The number of aliphatic hydroxyl groups is 1. The topological polar surface area (TPSA) is 80.6 Å². The van der Waals surface area contributed by atoms with Crippen LogP contribution in [-0.4, -0.2) is 31.2 Å². The molecule has 0 amide bonds. The second-order valence-electron chi connectivity index (χ2n) is 5.27. The molecule has 1 heterocycles. The summed E-state index contributed by atoms with van der Waals surface area (Å²) in [6.07, 6.45) is 0.886. The molecule has 0 spiro atoms. The van der Waals surface area contributed by atoms with Crippen molar-refractivity contribution in [2.75, 3.05) is 13.2 Å². The van der Waals surface area contributed by atoms with Gasteiger partial charge in [-0.1, -0.05) is 0 Å². The van der Waals surface area contributed by atoms with E-state index in [1.807, 2.05) is 6.92 Å². The number of nitrogens with zero attached hydrogens (tertiary/aromatic N) is 1. The van der Waals surface area contributed by atoms with Crippen molar-refractivity contribution in [2.45, 2.75) is 24.8 Å². The minimum absolute atomic E-state index is 0.0908. The van der Waals surface area contributed by atoms with Crippen molar-refractivity contribution in [3.8, 4) is 5.75 Å². The van der Waals surface area contributed by atoms with Gasteiger partial charge in [0.2, 0.25) is 10.0 Å². The van der Waals surface area contributed by atoms with Crippen LogP contribution in [0, 0.1) is 6.92 Å². The van der Waals surface area contributed by atoms with E-state index in [-0.39, 0.29) is 11.4 Å². The zero-order valence-electron chi connectivity index (χ0n) is 13.5. The van der Waals surface area contributed by atoms with Gasteiger partial charge in [-0.05, 0) is 49.7 Å². The summed E-state index contributed by atoms with van der Waals surface area (Å²) in [7, 11) is -1.89. The first-order valence-corrected chi connectivity index (χ1v) is 8.86. The number of ether oxygens (including phenoxy) is 1. The first kappa shape index (κ1) is 17.5. The molecule has 2 rings (SSSR count). The van der Waals surface area contributed by atoms with Gasteiger partial charge in [0.1, 0.15) is 11.9 Å². The van der Waals surface area contributed by atoms with Gasteiger partial charge in [0.25, 0.3) is 0 Å². The van der Waals surface area contributed by atoms with Gasteiger partial charge < -0.3 is 14.4 Å².